The molecule has 1 aromatic heterocycles. The molecule has 3 aromatic rings. The topological polar surface area (TPSA) is 94.3 Å². The molecule has 0 saturated carbocycles. The molecule has 0 spiro atoms. The van der Waals surface area contributed by atoms with Crippen molar-refractivity contribution in [2.24, 2.45) is 12.2 Å². The van der Waals surface area contributed by atoms with Crippen LogP contribution in [0.4, 0.5) is 5.69 Å². The lowest BCUT2D eigenvalue weighted by molar-refractivity contribution is -0.120. The van der Waals surface area contributed by atoms with Crippen LogP contribution in [-0.2, 0) is 16.7 Å². The molecule has 8 nitrogen and oxygen atoms in total. The van der Waals surface area contributed by atoms with Crippen molar-refractivity contribution in [3.8, 4) is 0 Å². The highest BCUT2D eigenvalue weighted by atomic mass is 79.9. The second-order valence-electron chi connectivity index (χ2n) is 5.35. The van der Waals surface area contributed by atoms with Crippen molar-refractivity contribution >= 4 is 49.2 Å². The van der Waals surface area contributed by atoms with E-state index in [0.717, 1.165) is 14.5 Å². The van der Waals surface area contributed by atoms with Gasteiger partial charge in [-0.25, -0.2) is 4.68 Å². The maximum Gasteiger partial charge on any atom is 0.265 e. The average Bonchev–Trinajstić information content (AvgIpc) is 3.08. The number of hydrogen-bond acceptors (Lipinski definition) is 6. The van der Waals surface area contributed by atoms with Gasteiger partial charge in [0, 0.05) is 21.6 Å². The zero-order chi connectivity index (χ0) is 19.2. The Morgan fingerprint density at radius 2 is 1.85 bits per heavy atom. The number of rotatable bonds is 6. The number of nitrogens with one attached hydrogen (secondary N) is 1. The van der Waals surface area contributed by atoms with Gasteiger partial charge in [-0.2, -0.15) is 0 Å². The van der Waals surface area contributed by atoms with Crippen LogP contribution >= 0.6 is 31.9 Å². The Kier molecular flexibility index (Phi) is 6.30. The van der Waals surface area contributed by atoms with Crippen LogP contribution in [0.15, 0.2) is 62.6 Å². The van der Waals surface area contributed by atoms with Crippen LogP contribution in [0, 0.1) is 0 Å². The zero-order valence-electron chi connectivity index (χ0n) is 14.1. The lowest BCUT2D eigenvalue weighted by atomic mass is 10.1. The minimum atomic E-state index is -0.352. The highest BCUT2D eigenvalue weighted by Crippen LogP contribution is 2.30. The number of carbonyl (C=O) groups is 1. The number of anilines is 1. The molecule has 0 radical (unpaired) electrons. The summed E-state index contributed by atoms with van der Waals surface area (Å²) in [7, 11) is 1.70. The van der Waals surface area contributed by atoms with E-state index in [9.17, 15) is 4.79 Å². The first kappa shape index (κ1) is 19.2. The molecule has 0 unspecified atom stereocenters. The maximum absolute atomic E-state index is 12.2. The quantitative estimate of drug-likeness (QED) is 0.420. The number of aromatic nitrogens is 4. The number of oxime groups is 1. The zero-order valence-corrected chi connectivity index (χ0v) is 17.3. The van der Waals surface area contributed by atoms with Crippen molar-refractivity contribution in [1.82, 2.24) is 20.2 Å². The van der Waals surface area contributed by atoms with Gasteiger partial charge in [0.05, 0.1) is 5.69 Å². The van der Waals surface area contributed by atoms with Gasteiger partial charge in [-0.15, -0.1) is 5.10 Å². The molecule has 1 heterocycles. The lowest BCUT2D eigenvalue weighted by Gasteiger charge is -2.09. The number of halogens is 2. The number of para-hydroxylation sites is 1. The molecule has 0 aliphatic rings. The van der Waals surface area contributed by atoms with E-state index < -0.39 is 0 Å². The number of tetrazole rings is 1. The van der Waals surface area contributed by atoms with Gasteiger partial charge in [-0.05, 0) is 54.4 Å². The number of hydrogen-bond donors (Lipinski definition) is 1. The summed E-state index contributed by atoms with van der Waals surface area (Å²) >= 11 is 6.79. The maximum atomic E-state index is 12.2. The van der Waals surface area contributed by atoms with E-state index in [1.807, 2.05) is 48.5 Å². The molecule has 0 aliphatic heterocycles. The van der Waals surface area contributed by atoms with Gasteiger partial charge in [0.15, 0.2) is 12.3 Å². The summed E-state index contributed by atoms with van der Waals surface area (Å²) in [5.41, 5.74) is 1.82. The molecule has 1 amide bonds. The average molecular weight is 494 g/mol. The Morgan fingerprint density at radius 3 is 2.48 bits per heavy atom. The normalized spacial score (nSPS) is 11.3. The number of amides is 1. The molecule has 0 aliphatic carbocycles. The fourth-order valence-electron chi connectivity index (χ4n) is 2.20. The van der Waals surface area contributed by atoms with E-state index in [2.05, 4.69) is 57.9 Å². The van der Waals surface area contributed by atoms with Gasteiger partial charge in [-0.1, -0.05) is 41.6 Å². The lowest BCUT2D eigenvalue weighted by Crippen LogP contribution is -2.19. The van der Waals surface area contributed by atoms with E-state index >= 15 is 0 Å². The Labute approximate surface area is 171 Å². The van der Waals surface area contributed by atoms with Crippen LogP contribution in [0.5, 0.6) is 0 Å². The molecular formula is C17H14Br2N6O2. The van der Waals surface area contributed by atoms with Gasteiger partial charge < -0.3 is 10.2 Å². The van der Waals surface area contributed by atoms with Crippen molar-refractivity contribution in [3.05, 3.63) is 68.9 Å². The van der Waals surface area contributed by atoms with Gasteiger partial charge in [-0.3, -0.25) is 4.79 Å². The number of aryl methyl sites for hydroxylation is 1. The predicted molar refractivity (Wildman–Crippen MR) is 107 cm³/mol. The smallest absolute Gasteiger partial charge is 0.265 e. The van der Waals surface area contributed by atoms with Crippen LogP contribution in [-0.4, -0.2) is 38.4 Å². The standard InChI is InChI=1S/C17H14Br2N6O2/c1-25-17(21-23-24-25)15(11-6-3-2-4-7-11)22-27-10-14(26)20-16-12(18)8-5-9-13(16)19/h2-9H,10H2,1H3,(H,20,26)/b22-15-. The monoisotopic (exact) mass is 492 g/mol. The number of carbonyl (C=O) groups excluding carboxylic acids is 1. The highest BCUT2D eigenvalue weighted by molar-refractivity contribution is 9.11. The fourth-order valence-corrected chi connectivity index (χ4v) is 3.39. The van der Waals surface area contributed by atoms with Crippen LogP contribution in [0.25, 0.3) is 0 Å². The summed E-state index contributed by atoms with van der Waals surface area (Å²) in [5.74, 6) is 0.0741. The minimum Gasteiger partial charge on any atom is -0.385 e. The largest absolute Gasteiger partial charge is 0.385 e. The number of nitrogens with zero attached hydrogens (tertiary/aromatic N) is 5. The van der Waals surface area contributed by atoms with E-state index in [-0.39, 0.29) is 12.5 Å². The first-order valence-electron chi connectivity index (χ1n) is 7.78. The summed E-state index contributed by atoms with van der Waals surface area (Å²) in [6.07, 6.45) is 0. The van der Waals surface area contributed by atoms with E-state index in [4.69, 9.17) is 4.84 Å². The Balaban J connectivity index is 1.74. The summed E-state index contributed by atoms with van der Waals surface area (Å²) in [5, 5.41) is 18.3. The third-order valence-corrected chi connectivity index (χ3v) is 4.78. The van der Waals surface area contributed by atoms with Gasteiger partial charge in [0.1, 0.15) is 0 Å². The molecular weight excluding hydrogens is 480 g/mol. The summed E-state index contributed by atoms with van der Waals surface area (Å²) in [4.78, 5) is 17.5. The van der Waals surface area contributed by atoms with Crippen molar-refractivity contribution < 1.29 is 9.63 Å². The van der Waals surface area contributed by atoms with Gasteiger partial charge in [0.25, 0.3) is 5.91 Å². The minimum absolute atomic E-state index is 0.268. The Bertz CT molecular complexity index is 954. The Morgan fingerprint density at radius 1 is 1.15 bits per heavy atom. The SMILES string of the molecule is Cn1nnnc1/C(=N\OCC(=O)Nc1c(Br)cccc1Br)c1ccccc1. The number of benzene rings is 2. The third-order valence-electron chi connectivity index (χ3n) is 3.46. The van der Waals surface area contributed by atoms with Crippen LogP contribution in [0.2, 0.25) is 0 Å². The fraction of sp³-hybridized carbons (Fsp3) is 0.118. The predicted octanol–water partition coefficient (Wildman–Crippen LogP) is 3.14. The van der Waals surface area contributed by atoms with Gasteiger partial charge >= 0.3 is 0 Å². The van der Waals surface area contributed by atoms with Crippen molar-refractivity contribution in [2.45, 2.75) is 0 Å². The molecule has 27 heavy (non-hydrogen) atoms. The van der Waals surface area contributed by atoms with Crippen LogP contribution in [0.1, 0.15) is 11.4 Å². The van der Waals surface area contributed by atoms with E-state index in [1.54, 1.807) is 7.05 Å². The molecule has 0 saturated heterocycles. The van der Waals surface area contributed by atoms with Crippen molar-refractivity contribution in [2.75, 3.05) is 11.9 Å². The highest BCUT2D eigenvalue weighted by Gasteiger charge is 2.15. The first-order valence-corrected chi connectivity index (χ1v) is 9.37. The van der Waals surface area contributed by atoms with E-state index in [1.165, 1.54) is 4.68 Å². The first-order chi connectivity index (χ1) is 13.1. The second-order valence-corrected chi connectivity index (χ2v) is 7.06. The summed E-state index contributed by atoms with van der Waals surface area (Å²) in [6, 6.07) is 14.8. The van der Waals surface area contributed by atoms with Crippen molar-refractivity contribution in [1.29, 1.82) is 0 Å². The molecule has 0 atom stereocenters. The second kappa shape index (κ2) is 8.87. The summed E-state index contributed by atoms with van der Waals surface area (Å²) < 4.78 is 2.99. The molecule has 138 valence electrons. The Hall–Kier alpha value is -2.59. The molecule has 10 heteroatoms. The van der Waals surface area contributed by atoms with E-state index in [0.29, 0.717) is 17.2 Å². The van der Waals surface area contributed by atoms with Crippen molar-refractivity contribution in [3.63, 3.8) is 0 Å². The van der Waals surface area contributed by atoms with Crippen LogP contribution < -0.4 is 5.32 Å². The molecule has 0 fully saturated rings. The molecule has 0 bridgehead atoms. The third kappa shape index (κ3) is 4.77. The molecule has 3 rings (SSSR count). The van der Waals surface area contributed by atoms with Gasteiger partial charge in [0.2, 0.25) is 5.82 Å². The molecule has 2 aromatic carbocycles. The summed E-state index contributed by atoms with van der Waals surface area (Å²) in [6.45, 7) is -0.268. The molecule has 1 N–H and O–H groups in total. The van der Waals surface area contributed by atoms with Crippen LogP contribution in [0.3, 0.4) is 0 Å².